The summed E-state index contributed by atoms with van der Waals surface area (Å²) in [6, 6.07) is 6.31. The van der Waals surface area contributed by atoms with Crippen molar-refractivity contribution in [2.24, 2.45) is 5.73 Å². The minimum Gasteiger partial charge on any atom is -0.491 e. The number of sulfonamides is 1. The Morgan fingerprint density at radius 2 is 1.85 bits per heavy atom. The van der Waals surface area contributed by atoms with E-state index in [1.807, 2.05) is 13.8 Å². The van der Waals surface area contributed by atoms with Crippen LogP contribution in [0.2, 0.25) is 0 Å². The average Bonchev–Trinajstić information content (AvgIpc) is 2.38. The molecule has 20 heavy (non-hydrogen) atoms. The SMILES string of the molecule is CC(C)Oc1ccc(S(=O)(=O)NCCOCCN)cc1. The van der Waals surface area contributed by atoms with Crippen LogP contribution in [-0.4, -0.2) is 40.8 Å². The van der Waals surface area contributed by atoms with Crippen LogP contribution in [0.3, 0.4) is 0 Å². The number of hydrogen-bond acceptors (Lipinski definition) is 5. The number of nitrogens with one attached hydrogen (secondary N) is 1. The van der Waals surface area contributed by atoms with Crippen molar-refractivity contribution >= 4 is 10.0 Å². The van der Waals surface area contributed by atoms with E-state index >= 15 is 0 Å². The van der Waals surface area contributed by atoms with Crippen molar-refractivity contribution in [3.63, 3.8) is 0 Å². The normalized spacial score (nSPS) is 11.8. The third-order valence-electron chi connectivity index (χ3n) is 2.31. The molecule has 0 atom stereocenters. The van der Waals surface area contributed by atoms with E-state index in [0.29, 0.717) is 25.5 Å². The highest BCUT2D eigenvalue weighted by Crippen LogP contribution is 2.16. The fourth-order valence-electron chi connectivity index (χ4n) is 1.49. The topological polar surface area (TPSA) is 90.7 Å². The van der Waals surface area contributed by atoms with Crippen LogP contribution in [0.1, 0.15) is 13.8 Å². The van der Waals surface area contributed by atoms with E-state index < -0.39 is 10.0 Å². The van der Waals surface area contributed by atoms with E-state index in [-0.39, 0.29) is 17.5 Å². The Morgan fingerprint density at radius 3 is 2.40 bits per heavy atom. The van der Waals surface area contributed by atoms with Gasteiger partial charge in [-0.25, -0.2) is 13.1 Å². The van der Waals surface area contributed by atoms with Gasteiger partial charge in [-0.3, -0.25) is 0 Å². The second kappa shape index (κ2) is 8.21. The standard InChI is InChI=1S/C13H22N2O4S/c1-11(2)19-12-3-5-13(6-4-12)20(16,17)15-8-10-18-9-7-14/h3-6,11,15H,7-10,14H2,1-2H3. The van der Waals surface area contributed by atoms with Gasteiger partial charge >= 0.3 is 0 Å². The predicted octanol–water partition coefficient (Wildman–Crippen LogP) is 0.727. The van der Waals surface area contributed by atoms with Gasteiger partial charge in [-0.1, -0.05) is 0 Å². The Labute approximate surface area is 120 Å². The molecular weight excluding hydrogens is 280 g/mol. The molecule has 1 aromatic rings. The lowest BCUT2D eigenvalue weighted by atomic mass is 10.3. The van der Waals surface area contributed by atoms with E-state index in [9.17, 15) is 8.42 Å². The van der Waals surface area contributed by atoms with Crippen molar-refractivity contribution in [2.45, 2.75) is 24.8 Å². The van der Waals surface area contributed by atoms with Crippen LogP contribution >= 0.6 is 0 Å². The summed E-state index contributed by atoms with van der Waals surface area (Å²) >= 11 is 0. The van der Waals surface area contributed by atoms with E-state index in [4.69, 9.17) is 15.2 Å². The van der Waals surface area contributed by atoms with Crippen molar-refractivity contribution in [3.8, 4) is 5.75 Å². The number of rotatable bonds is 9. The third kappa shape index (κ3) is 5.87. The van der Waals surface area contributed by atoms with Crippen LogP contribution in [0.25, 0.3) is 0 Å². The molecular formula is C13H22N2O4S. The summed E-state index contributed by atoms with van der Waals surface area (Å²) in [5, 5.41) is 0. The zero-order valence-corrected chi connectivity index (χ0v) is 12.7. The maximum absolute atomic E-state index is 12.0. The van der Waals surface area contributed by atoms with E-state index in [2.05, 4.69) is 4.72 Å². The molecule has 0 aliphatic rings. The van der Waals surface area contributed by atoms with Crippen molar-refractivity contribution in [1.82, 2.24) is 4.72 Å². The number of benzene rings is 1. The zero-order chi connectivity index (χ0) is 15.0. The minimum absolute atomic E-state index is 0.0512. The second-order valence-electron chi connectivity index (χ2n) is 4.44. The molecule has 0 amide bonds. The molecule has 0 aliphatic carbocycles. The van der Waals surface area contributed by atoms with Gasteiger partial charge in [-0.2, -0.15) is 0 Å². The van der Waals surface area contributed by atoms with Crippen LogP contribution in [0.15, 0.2) is 29.2 Å². The second-order valence-corrected chi connectivity index (χ2v) is 6.20. The van der Waals surface area contributed by atoms with Crippen LogP contribution in [0.5, 0.6) is 5.75 Å². The smallest absolute Gasteiger partial charge is 0.240 e. The fourth-order valence-corrected chi connectivity index (χ4v) is 2.50. The van der Waals surface area contributed by atoms with E-state index in [1.165, 1.54) is 12.1 Å². The Morgan fingerprint density at radius 1 is 1.20 bits per heavy atom. The summed E-state index contributed by atoms with van der Waals surface area (Å²) in [5.74, 6) is 0.644. The van der Waals surface area contributed by atoms with Gasteiger partial charge in [0.15, 0.2) is 0 Å². The maximum atomic E-state index is 12.0. The van der Waals surface area contributed by atoms with E-state index in [1.54, 1.807) is 12.1 Å². The van der Waals surface area contributed by atoms with Crippen molar-refractivity contribution in [2.75, 3.05) is 26.3 Å². The van der Waals surface area contributed by atoms with Gasteiger partial charge in [0.2, 0.25) is 10.0 Å². The first kappa shape index (κ1) is 16.9. The van der Waals surface area contributed by atoms with Gasteiger partial charge in [-0.05, 0) is 38.1 Å². The molecule has 3 N–H and O–H groups in total. The van der Waals surface area contributed by atoms with Gasteiger partial charge in [0.25, 0.3) is 0 Å². The molecule has 0 radical (unpaired) electrons. The van der Waals surface area contributed by atoms with Gasteiger partial charge in [0.1, 0.15) is 5.75 Å². The van der Waals surface area contributed by atoms with Gasteiger partial charge < -0.3 is 15.2 Å². The minimum atomic E-state index is -3.51. The first-order valence-corrected chi connectivity index (χ1v) is 7.98. The summed E-state index contributed by atoms with van der Waals surface area (Å²) < 4.78 is 37.0. The Bertz CT molecular complexity index is 486. The molecule has 0 saturated carbocycles. The van der Waals surface area contributed by atoms with Gasteiger partial charge in [0.05, 0.1) is 24.2 Å². The molecule has 0 unspecified atom stereocenters. The summed E-state index contributed by atoms with van der Waals surface area (Å²) in [4.78, 5) is 0.201. The molecule has 0 heterocycles. The lowest BCUT2D eigenvalue weighted by Crippen LogP contribution is -2.28. The van der Waals surface area contributed by atoms with Crippen LogP contribution < -0.4 is 15.2 Å². The highest BCUT2D eigenvalue weighted by molar-refractivity contribution is 7.89. The molecule has 7 heteroatoms. The number of hydrogen-bond donors (Lipinski definition) is 2. The maximum Gasteiger partial charge on any atom is 0.240 e. The monoisotopic (exact) mass is 302 g/mol. The van der Waals surface area contributed by atoms with Crippen LogP contribution in [0.4, 0.5) is 0 Å². The largest absolute Gasteiger partial charge is 0.491 e. The Balaban J connectivity index is 2.54. The molecule has 0 aliphatic heterocycles. The number of nitrogens with two attached hydrogens (primary N) is 1. The quantitative estimate of drug-likeness (QED) is 0.656. The van der Waals surface area contributed by atoms with Gasteiger partial charge in [0, 0.05) is 13.1 Å². The van der Waals surface area contributed by atoms with Crippen molar-refractivity contribution in [3.05, 3.63) is 24.3 Å². The molecule has 0 bridgehead atoms. The lowest BCUT2D eigenvalue weighted by Gasteiger charge is -2.11. The van der Waals surface area contributed by atoms with Gasteiger partial charge in [-0.15, -0.1) is 0 Å². The van der Waals surface area contributed by atoms with Crippen LogP contribution in [-0.2, 0) is 14.8 Å². The first-order valence-electron chi connectivity index (χ1n) is 6.50. The predicted molar refractivity (Wildman–Crippen MR) is 77.3 cm³/mol. The first-order chi connectivity index (χ1) is 9.45. The molecule has 0 fully saturated rings. The molecule has 1 aromatic carbocycles. The molecule has 0 aromatic heterocycles. The average molecular weight is 302 g/mol. The summed E-state index contributed by atoms with van der Waals surface area (Å²) in [6.45, 7) is 5.17. The zero-order valence-electron chi connectivity index (χ0n) is 11.8. The summed E-state index contributed by atoms with van der Waals surface area (Å²) in [6.07, 6.45) is 0.0512. The van der Waals surface area contributed by atoms with E-state index in [0.717, 1.165) is 0 Å². The highest BCUT2D eigenvalue weighted by Gasteiger charge is 2.13. The van der Waals surface area contributed by atoms with Crippen molar-refractivity contribution in [1.29, 1.82) is 0 Å². The summed E-state index contributed by atoms with van der Waals surface area (Å²) in [7, 11) is -3.51. The highest BCUT2D eigenvalue weighted by atomic mass is 32.2. The number of ether oxygens (including phenoxy) is 2. The van der Waals surface area contributed by atoms with Crippen LogP contribution in [0, 0.1) is 0 Å². The fraction of sp³-hybridized carbons (Fsp3) is 0.538. The lowest BCUT2D eigenvalue weighted by molar-refractivity contribution is 0.147. The summed E-state index contributed by atoms with van der Waals surface area (Å²) in [5.41, 5.74) is 5.26. The Kier molecular flexibility index (Phi) is 6.94. The molecule has 0 spiro atoms. The van der Waals surface area contributed by atoms with Crippen molar-refractivity contribution < 1.29 is 17.9 Å². The molecule has 1 rings (SSSR count). The molecule has 6 nitrogen and oxygen atoms in total. The molecule has 114 valence electrons. The Hall–Kier alpha value is -1.15. The molecule has 0 saturated heterocycles. The third-order valence-corrected chi connectivity index (χ3v) is 3.78.